The molecule has 0 spiro atoms. The average Bonchev–Trinajstić information content (AvgIpc) is 2.86. The van der Waals surface area contributed by atoms with Crippen LogP contribution < -0.4 is 0 Å². The molecule has 4 nitrogen and oxygen atoms in total. The lowest BCUT2D eigenvalue weighted by molar-refractivity contribution is 0.813. The van der Waals surface area contributed by atoms with Crippen molar-refractivity contribution in [3.63, 3.8) is 0 Å². The van der Waals surface area contributed by atoms with Crippen LogP contribution in [0.4, 0.5) is 0 Å². The van der Waals surface area contributed by atoms with Crippen LogP contribution in [0.25, 0.3) is 9.88 Å². The fourth-order valence-electron chi connectivity index (χ4n) is 1.21. The van der Waals surface area contributed by atoms with Gasteiger partial charge in [-0.05, 0) is 24.4 Å². The van der Waals surface area contributed by atoms with Crippen molar-refractivity contribution in [3.8, 4) is 9.88 Å². The zero-order valence-electron chi connectivity index (χ0n) is 9.14. The van der Waals surface area contributed by atoms with Crippen molar-refractivity contribution in [2.75, 3.05) is 0 Å². The number of halogens is 1. The van der Waals surface area contributed by atoms with Gasteiger partial charge in [0.05, 0.1) is 11.1 Å². The smallest absolute Gasteiger partial charge is 0.142 e. The van der Waals surface area contributed by atoms with E-state index in [9.17, 15) is 0 Å². The molecule has 0 saturated heterocycles. The van der Waals surface area contributed by atoms with Gasteiger partial charge in [-0.15, -0.1) is 26.9 Å². The highest BCUT2D eigenvalue weighted by Crippen LogP contribution is 2.34. The maximum atomic E-state index is 5.96. The molecule has 1 unspecified atom stereocenters. The molecule has 1 atom stereocenters. The second-order valence-electron chi connectivity index (χ2n) is 3.70. The second kappa shape index (κ2) is 4.73. The summed E-state index contributed by atoms with van der Waals surface area (Å²) in [7, 11) is 0. The summed E-state index contributed by atoms with van der Waals surface area (Å²) in [5, 5.41) is 13.9. The standard InChI is InChI=1S/C9H11ClN4S2/c1-4(2)6-7(16-14-11-6)9-13-12-8(15-9)5(3)10/h4-5H,1-3H3. The third-order valence-electron chi connectivity index (χ3n) is 2.04. The summed E-state index contributed by atoms with van der Waals surface area (Å²) in [5.74, 6) is 0.342. The van der Waals surface area contributed by atoms with Crippen LogP contribution >= 0.6 is 34.5 Å². The Morgan fingerprint density at radius 3 is 2.44 bits per heavy atom. The van der Waals surface area contributed by atoms with E-state index in [1.807, 2.05) is 6.92 Å². The zero-order chi connectivity index (χ0) is 11.7. The maximum absolute atomic E-state index is 5.96. The molecule has 0 aliphatic heterocycles. The van der Waals surface area contributed by atoms with Crippen molar-refractivity contribution in [1.82, 2.24) is 19.8 Å². The molecular weight excluding hydrogens is 264 g/mol. The predicted octanol–water partition coefficient (Wildman–Crippen LogP) is 3.48. The summed E-state index contributed by atoms with van der Waals surface area (Å²) < 4.78 is 3.97. The molecule has 0 aliphatic rings. The molecule has 0 fully saturated rings. The first-order chi connectivity index (χ1) is 7.59. The number of hydrogen-bond acceptors (Lipinski definition) is 6. The third kappa shape index (κ3) is 2.23. The van der Waals surface area contributed by atoms with Crippen LogP contribution in [-0.2, 0) is 0 Å². The SMILES string of the molecule is CC(C)c1nnsc1-c1nnc(C(C)Cl)s1. The quantitative estimate of drug-likeness (QED) is 0.804. The van der Waals surface area contributed by atoms with Crippen molar-refractivity contribution >= 4 is 34.5 Å². The second-order valence-corrected chi connectivity index (χ2v) is 6.12. The van der Waals surface area contributed by atoms with E-state index >= 15 is 0 Å². The van der Waals surface area contributed by atoms with Crippen LogP contribution in [0.2, 0.25) is 0 Å². The predicted molar refractivity (Wildman–Crippen MR) is 67.2 cm³/mol. The normalized spacial score (nSPS) is 13.3. The molecule has 2 aromatic rings. The van der Waals surface area contributed by atoms with Crippen LogP contribution in [0.15, 0.2) is 0 Å². The third-order valence-corrected chi connectivity index (χ3v) is 4.37. The van der Waals surface area contributed by atoms with Gasteiger partial charge in [0.15, 0.2) is 5.01 Å². The topological polar surface area (TPSA) is 51.6 Å². The van der Waals surface area contributed by atoms with Crippen LogP contribution in [0, 0.1) is 0 Å². The maximum Gasteiger partial charge on any atom is 0.161 e. The molecule has 2 rings (SSSR count). The lowest BCUT2D eigenvalue weighted by Crippen LogP contribution is -1.90. The Hall–Kier alpha value is -0.590. The molecule has 2 heterocycles. The molecule has 0 bridgehead atoms. The van der Waals surface area contributed by atoms with Gasteiger partial charge in [0.2, 0.25) is 0 Å². The summed E-state index contributed by atoms with van der Waals surface area (Å²) in [6, 6.07) is 0. The van der Waals surface area contributed by atoms with Crippen molar-refractivity contribution in [1.29, 1.82) is 0 Å². The van der Waals surface area contributed by atoms with Crippen LogP contribution in [0.5, 0.6) is 0 Å². The number of nitrogens with zero attached hydrogens (tertiary/aromatic N) is 4. The van der Waals surface area contributed by atoms with Crippen molar-refractivity contribution < 1.29 is 0 Å². The van der Waals surface area contributed by atoms with Gasteiger partial charge in [0.25, 0.3) is 0 Å². The number of alkyl halides is 1. The largest absolute Gasteiger partial charge is 0.161 e. The van der Waals surface area contributed by atoms with Gasteiger partial charge in [-0.2, -0.15) is 0 Å². The van der Waals surface area contributed by atoms with Crippen molar-refractivity contribution in [3.05, 3.63) is 10.7 Å². The Kier molecular flexibility index (Phi) is 3.51. The van der Waals surface area contributed by atoms with Crippen molar-refractivity contribution in [2.45, 2.75) is 32.1 Å². The van der Waals surface area contributed by atoms with Gasteiger partial charge in [0.1, 0.15) is 9.88 Å². The molecule has 0 N–H and O–H groups in total. The van der Waals surface area contributed by atoms with E-state index in [0.29, 0.717) is 5.92 Å². The Bertz CT molecular complexity index is 477. The lowest BCUT2D eigenvalue weighted by atomic mass is 10.1. The van der Waals surface area contributed by atoms with Gasteiger partial charge >= 0.3 is 0 Å². The molecular formula is C9H11ClN4S2. The highest BCUT2D eigenvalue weighted by molar-refractivity contribution is 7.19. The summed E-state index contributed by atoms with van der Waals surface area (Å²) in [6.45, 7) is 6.07. The summed E-state index contributed by atoms with van der Waals surface area (Å²) in [5.41, 5.74) is 0.981. The molecule has 0 aliphatic carbocycles. The van der Waals surface area contributed by atoms with E-state index in [4.69, 9.17) is 11.6 Å². The summed E-state index contributed by atoms with van der Waals surface area (Å²) in [4.78, 5) is 1.01. The van der Waals surface area contributed by atoms with Crippen molar-refractivity contribution in [2.24, 2.45) is 0 Å². The molecule has 2 aromatic heterocycles. The number of rotatable bonds is 3. The minimum absolute atomic E-state index is 0.102. The van der Waals surface area contributed by atoms with E-state index in [2.05, 4.69) is 33.6 Å². The van der Waals surface area contributed by atoms with Crippen LogP contribution in [-0.4, -0.2) is 19.8 Å². The van der Waals surface area contributed by atoms with Gasteiger partial charge in [-0.3, -0.25) is 0 Å². The molecule has 0 amide bonds. The first-order valence-electron chi connectivity index (χ1n) is 4.89. The number of aromatic nitrogens is 4. The lowest BCUT2D eigenvalue weighted by Gasteiger charge is -1.99. The molecule has 7 heteroatoms. The number of hydrogen-bond donors (Lipinski definition) is 0. The van der Waals surface area contributed by atoms with Gasteiger partial charge in [0, 0.05) is 0 Å². The Morgan fingerprint density at radius 1 is 1.12 bits per heavy atom. The van der Waals surface area contributed by atoms with E-state index in [1.165, 1.54) is 22.9 Å². The summed E-state index contributed by atoms with van der Waals surface area (Å²) >= 11 is 8.83. The molecule has 86 valence electrons. The molecule has 0 radical (unpaired) electrons. The zero-order valence-corrected chi connectivity index (χ0v) is 11.5. The monoisotopic (exact) mass is 274 g/mol. The first kappa shape index (κ1) is 11.9. The van der Waals surface area contributed by atoms with E-state index in [-0.39, 0.29) is 5.38 Å². The van der Waals surface area contributed by atoms with Crippen LogP contribution in [0.1, 0.15) is 42.8 Å². The average molecular weight is 275 g/mol. The van der Waals surface area contributed by atoms with Gasteiger partial charge in [-0.1, -0.05) is 29.7 Å². The first-order valence-corrected chi connectivity index (χ1v) is 6.92. The highest BCUT2D eigenvalue weighted by atomic mass is 35.5. The van der Waals surface area contributed by atoms with Gasteiger partial charge < -0.3 is 0 Å². The van der Waals surface area contributed by atoms with E-state index in [1.54, 1.807) is 0 Å². The Labute approximate surface area is 107 Å². The highest BCUT2D eigenvalue weighted by Gasteiger charge is 2.18. The minimum Gasteiger partial charge on any atom is -0.142 e. The fourth-order valence-corrected chi connectivity index (χ4v) is 3.05. The van der Waals surface area contributed by atoms with E-state index < -0.39 is 0 Å². The van der Waals surface area contributed by atoms with E-state index in [0.717, 1.165) is 20.6 Å². The summed E-state index contributed by atoms with van der Waals surface area (Å²) in [6.07, 6.45) is 0. The Balaban J connectivity index is 2.39. The fraction of sp³-hybridized carbons (Fsp3) is 0.556. The molecule has 0 saturated carbocycles. The van der Waals surface area contributed by atoms with Gasteiger partial charge in [-0.25, -0.2) is 0 Å². The Morgan fingerprint density at radius 2 is 1.88 bits per heavy atom. The van der Waals surface area contributed by atoms with Crippen LogP contribution in [0.3, 0.4) is 0 Å². The molecule has 0 aromatic carbocycles. The molecule has 16 heavy (non-hydrogen) atoms. The minimum atomic E-state index is -0.102.